The van der Waals surface area contributed by atoms with Crippen molar-refractivity contribution in [2.75, 3.05) is 18.4 Å². The van der Waals surface area contributed by atoms with E-state index in [0.717, 1.165) is 25.1 Å². The fraction of sp³-hybridized carbons (Fsp3) is 0.333. The summed E-state index contributed by atoms with van der Waals surface area (Å²) in [5.74, 6) is 0.830. The number of benzene rings is 1. The molecule has 1 aromatic heterocycles. The zero-order valence-electron chi connectivity index (χ0n) is 16.1. The standard InChI is InChI=1S/C21H24N4O3/c1-14(2)21(27)25-11-5-6-16(13-25)19-20(23-10-9-22-19)28-18-8-4-7-17(12-18)24-15(3)26/h4,7-10,12,16H,1,5-6,11,13H2,2-3H3,(H,24,26). The average molecular weight is 380 g/mol. The molecule has 1 unspecified atom stereocenters. The lowest BCUT2D eigenvalue weighted by atomic mass is 9.94. The van der Waals surface area contributed by atoms with Crippen molar-refractivity contribution in [2.24, 2.45) is 0 Å². The van der Waals surface area contributed by atoms with Crippen LogP contribution in [0.2, 0.25) is 0 Å². The van der Waals surface area contributed by atoms with Crippen LogP contribution < -0.4 is 10.1 Å². The lowest BCUT2D eigenvalue weighted by molar-refractivity contribution is -0.128. The minimum absolute atomic E-state index is 0.0286. The Morgan fingerprint density at radius 2 is 2.04 bits per heavy atom. The molecule has 1 aliphatic rings. The summed E-state index contributed by atoms with van der Waals surface area (Å²) in [6.07, 6.45) is 5.00. The third-order valence-electron chi connectivity index (χ3n) is 4.52. The summed E-state index contributed by atoms with van der Waals surface area (Å²) in [7, 11) is 0. The maximum atomic E-state index is 12.3. The zero-order chi connectivity index (χ0) is 20.1. The number of nitrogens with one attached hydrogen (secondary N) is 1. The van der Waals surface area contributed by atoms with E-state index in [1.165, 1.54) is 6.92 Å². The summed E-state index contributed by atoms with van der Waals surface area (Å²) >= 11 is 0. The first-order valence-corrected chi connectivity index (χ1v) is 9.25. The highest BCUT2D eigenvalue weighted by Crippen LogP contribution is 2.33. The van der Waals surface area contributed by atoms with Crippen LogP contribution in [0.5, 0.6) is 11.6 Å². The van der Waals surface area contributed by atoms with Crippen molar-refractivity contribution in [3.05, 3.63) is 54.5 Å². The minimum Gasteiger partial charge on any atom is -0.437 e. The van der Waals surface area contributed by atoms with Gasteiger partial charge >= 0.3 is 0 Å². The van der Waals surface area contributed by atoms with Gasteiger partial charge in [0.15, 0.2) is 0 Å². The maximum Gasteiger partial charge on any atom is 0.248 e. The van der Waals surface area contributed by atoms with E-state index in [-0.39, 0.29) is 17.7 Å². The molecule has 0 bridgehead atoms. The van der Waals surface area contributed by atoms with E-state index in [9.17, 15) is 9.59 Å². The highest BCUT2D eigenvalue weighted by molar-refractivity contribution is 5.92. The number of anilines is 1. The van der Waals surface area contributed by atoms with E-state index in [1.807, 2.05) is 4.90 Å². The number of carbonyl (C=O) groups is 2. The number of hydrogen-bond acceptors (Lipinski definition) is 5. The second kappa shape index (κ2) is 8.65. The summed E-state index contributed by atoms with van der Waals surface area (Å²) < 4.78 is 5.98. The van der Waals surface area contributed by atoms with Gasteiger partial charge in [0.05, 0.1) is 0 Å². The van der Waals surface area contributed by atoms with Gasteiger partial charge in [-0.25, -0.2) is 4.98 Å². The van der Waals surface area contributed by atoms with Crippen LogP contribution in [0.15, 0.2) is 48.8 Å². The molecule has 3 rings (SSSR count). The van der Waals surface area contributed by atoms with Gasteiger partial charge in [0.1, 0.15) is 11.4 Å². The zero-order valence-corrected chi connectivity index (χ0v) is 16.1. The van der Waals surface area contributed by atoms with Crippen LogP contribution >= 0.6 is 0 Å². The number of nitrogens with zero attached hydrogens (tertiary/aromatic N) is 3. The Kier molecular flexibility index (Phi) is 6.03. The molecule has 1 saturated heterocycles. The third kappa shape index (κ3) is 4.73. The lowest BCUT2D eigenvalue weighted by Gasteiger charge is -2.32. The van der Waals surface area contributed by atoms with Crippen LogP contribution in [-0.4, -0.2) is 39.8 Å². The number of hydrogen-bond donors (Lipinski definition) is 1. The number of ether oxygens (including phenoxy) is 1. The van der Waals surface area contributed by atoms with Gasteiger partial charge in [-0.2, -0.15) is 0 Å². The van der Waals surface area contributed by atoms with Crippen molar-refractivity contribution >= 4 is 17.5 Å². The first-order valence-electron chi connectivity index (χ1n) is 9.25. The number of aromatic nitrogens is 2. The molecule has 1 aliphatic heterocycles. The molecule has 0 radical (unpaired) electrons. The second-order valence-corrected chi connectivity index (χ2v) is 6.93. The molecule has 2 amide bonds. The Morgan fingerprint density at radius 1 is 1.25 bits per heavy atom. The summed E-state index contributed by atoms with van der Waals surface area (Å²) in [4.78, 5) is 34.2. The van der Waals surface area contributed by atoms with Crippen LogP contribution in [-0.2, 0) is 9.59 Å². The van der Waals surface area contributed by atoms with Gasteiger partial charge in [-0.3, -0.25) is 14.6 Å². The van der Waals surface area contributed by atoms with Crippen molar-refractivity contribution < 1.29 is 14.3 Å². The fourth-order valence-corrected chi connectivity index (χ4v) is 3.30. The lowest BCUT2D eigenvalue weighted by Crippen LogP contribution is -2.39. The number of piperidine rings is 1. The van der Waals surface area contributed by atoms with E-state index in [2.05, 4.69) is 21.9 Å². The molecule has 2 heterocycles. The third-order valence-corrected chi connectivity index (χ3v) is 4.52. The van der Waals surface area contributed by atoms with Crippen LogP contribution in [0.3, 0.4) is 0 Å². The van der Waals surface area contributed by atoms with Crippen molar-refractivity contribution in [1.29, 1.82) is 0 Å². The predicted molar refractivity (Wildman–Crippen MR) is 106 cm³/mol. The van der Waals surface area contributed by atoms with E-state index < -0.39 is 0 Å². The van der Waals surface area contributed by atoms with Crippen LogP contribution in [0, 0.1) is 0 Å². The van der Waals surface area contributed by atoms with Gasteiger partial charge in [0, 0.05) is 55.7 Å². The Balaban J connectivity index is 1.81. The van der Waals surface area contributed by atoms with Gasteiger partial charge in [-0.05, 0) is 31.9 Å². The first-order chi connectivity index (χ1) is 13.4. The summed E-state index contributed by atoms with van der Waals surface area (Å²) in [6.45, 7) is 8.22. The summed E-state index contributed by atoms with van der Waals surface area (Å²) in [5.41, 5.74) is 1.91. The molecule has 1 fully saturated rings. The molecule has 28 heavy (non-hydrogen) atoms. The number of carbonyl (C=O) groups excluding carboxylic acids is 2. The van der Waals surface area contributed by atoms with Crippen LogP contribution in [0.1, 0.15) is 38.3 Å². The topological polar surface area (TPSA) is 84.4 Å². The summed E-state index contributed by atoms with van der Waals surface area (Å²) in [6, 6.07) is 7.11. The monoisotopic (exact) mass is 380 g/mol. The minimum atomic E-state index is -0.151. The smallest absolute Gasteiger partial charge is 0.248 e. The molecular weight excluding hydrogens is 356 g/mol. The molecule has 1 N–H and O–H groups in total. The van der Waals surface area contributed by atoms with E-state index in [4.69, 9.17) is 4.74 Å². The van der Waals surface area contributed by atoms with Crippen LogP contribution in [0.25, 0.3) is 0 Å². The van der Waals surface area contributed by atoms with Crippen molar-refractivity contribution in [2.45, 2.75) is 32.6 Å². The number of amides is 2. The van der Waals surface area contributed by atoms with Crippen molar-refractivity contribution in [3.63, 3.8) is 0 Å². The number of likely N-dealkylation sites (tertiary alicyclic amines) is 1. The molecule has 1 aromatic carbocycles. The SMILES string of the molecule is C=C(C)C(=O)N1CCCC(c2nccnc2Oc2cccc(NC(C)=O)c2)C1. The molecule has 0 saturated carbocycles. The highest BCUT2D eigenvalue weighted by Gasteiger charge is 2.28. The van der Waals surface area contributed by atoms with Gasteiger partial charge in [0.2, 0.25) is 17.7 Å². The maximum absolute atomic E-state index is 12.3. The fourth-order valence-electron chi connectivity index (χ4n) is 3.30. The largest absolute Gasteiger partial charge is 0.437 e. The Labute approximate surface area is 164 Å². The molecule has 7 nitrogen and oxygen atoms in total. The molecule has 7 heteroatoms. The van der Waals surface area contributed by atoms with Gasteiger partial charge in [-0.15, -0.1) is 0 Å². The molecular formula is C21H24N4O3. The molecule has 2 aromatic rings. The Morgan fingerprint density at radius 3 is 2.79 bits per heavy atom. The van der Waals surface area contributed by atoms with Gasteiger partial charge < -0.3 is 15.0 Å². The first kappa shape index (κ1) is 19.5. The van der Waals surface area contributed by atoms with E-state index >= 15 is 0 Å². The van der Waals surface area contributed by atoms with Crippen molar-refractivity contribution in [3.8, 4) is 11.6 Å². The van der Waals surface area contributed by atoms with E-state index in [0.29, 0.717) is 29.4 Å². The summed E-state index contributed by atoms with van der Waals surface area (Å²) in [5, 5.41) is 2.73. The molecule has 1 atom stereocenters. The molecule has 0 aliphatic carbocycles. The van der Waals surface area contributed by atoms with Gasteiger partial charge in [-0.1, -0.05) is 12.6 Å². The molecule has 0 spiro atoms. The molecule has 146 valence electrons. The van der Waals surface area contributed by atoms with Crippen molar-refractivity contribution in [1.82, 2.24) is 14.9 Å². The van der Waals surface area contributed by atoms with Gasteiger partial charge in [0.25, 0.3) is 0 Å². The Hall–Kier alpha value is -3.22. The second-order valence-electron chi connectivity index (χ2n) is 6.93. The predicted octanol–water partition coefficient (Wildman–Crippen LogP) is 3.51. The average Bonchev–Trinajstić information content (AvgIpc) is 2.67. The van der Waals surface area contributed by atoms with Crippen LogP contribution in [0.4, 0.5) is 5.69 Å². The quantitative estimate of drug-likeness (QED) is 0.803. The van der Waals surface area contributed by atoms with E-state index in [1.54, 1.807) is 43.6 Å². The normalized spacial score (nSPS) is 16.4. The Bertz CT molecular complexity index is 897. The highest BCUT2D eigenvalue weighted by atomic mass is 16.5. The number of rotatable bonds is 5.